The number of hydrogen-bond donors (Lipinski definition) is 1. The molecule has 8 heteroatoms. The van der Waals surface area contributed by atoms with Gasteiger partial charge in [0.25, 0.3) is 0 Å². The van der Waals surface area contributed by atoms with Crippen molar-refractivity contribution in [2.45, 2.75) is 13.8 Å². The van der Waals surface area contributed by atoms with E-state index < -0.39 is 0 Å². The first-order valence-corrected chi connectivity index (χ1v) is 10.4. The second-order valence-corrected chi connectivity index (χ2v) is 8.42. The van der Waals surface area contributed by atoms with Crippen molar-refractivity contribution in [3.8, 4) is 11.9 Å². The second-order valence-electron chi connectivity index (χ2n) is 6.95. The second kappa shape index (κ2) is 7.10. The van der Waals surface area contributed by atoms with Gasteiger partial charge in [-0.15, -0.1) is 0 Å². The normalized spacial score (nSPS) is 11.1. The Morgan fingerprint density at radius 1 is 1.10 bits per heavy atom. The summed E-state index contributed by atoms with van der Waals surface area (Å²) in [6, 6.07) is 15.8. The highest BCUT2D eigenvalue weighted by atomic mass is 35.5. The third-order valence-corrected chi connectivity index (χ3v) is 6.09. The Labute approximate surface area is 181 Å². The lowest BCUT2D eigenvalue weighted by molar-refractivity contribution is 0.858. The van der Waals surface area contributed by atoms with Crippen LogP contribution >= 0.6 is 22.9 Å². The number of aromatic nitrogens is 4. The van der Waals surface area contributed by atoms with Gasteiger partial charge >= 0.3 is 0 Å². The van der Waals surface area contributed by atoms with Gasteiger partial charge in [-0.2, -0.15) is 15.0 Å². The Bertz CT molecular complexity index is 1480. The molecule has 3 heterocycles. The number of para-hydroxylation sites is 1. The van der Waals surface area contributed by atoms with Gasteiger partial charge < -0.3 is 5.32 Å². The average Bonchev–Trinajstić information content (AvgIpc) is 3.31. The molecule has 0 saturated heterocycles. The summed E-state index contributed by atoms with van der Waals surface area (Å²) >= 11 is 7.56. The first-order chi connectivity index (χ1) is 14.5. The van der Waals surface area contributed by atoms with E-state index in [1.807, 2.05) is 50.2 Å². The minimum absolute atomic E-state index is 0.414. The quantitative estimate of drug-likeness (QED) is 0.384. The van der Waals surface area contributed by atoms with Gasteiger partial charge in [0.1, 0.15) is 11.6 Å². The number of rotatable bonds is 3. The number of hydrogen-bond acceptors (Lipinski definition) is 6. The Morgan fingerprint density at radius 3 is 2.80 bits per heavy atom. The standard InChI is InChI=1S/C22H15ClN6S/c1-12-4-3-5-16-13(2)8-19(27-20(12)16)29-21(14(10-24)11-25-29)28-22-26-17-7-6-15(23)9-18(17)30-22/h3-9,11H,1-2H3,(H,26,28). The molecule has 3 aromatic heterocycles. The molecule has 0 atom stereocenters. The van der Waals surface area contributed by atoms with Crippen LogP contribution in [0.15, 0.2) is 48.7 Å². The molecule has 30 heavy (non-hydrogen) atoms. The minimum atomic E-state index is 0.414. The Morgan fingerprint density at radius 2 is 1.97 bits per heavy atom. The van der Waals surface area contributed by atoms with Crippen molar-refractivity contribution in [1.29, 1.82) is 5.26 Å². The summed E-state index contributed by atoms with van der Waals surface area (Å²) in [6.45, 7) is 4.08. The molecular formula is C22H15ClN6S. The summed E-state index contributed by atoms with van der Waals surface area (Å²) in [6.07, 6.45) is 1.53. The highest BCUT2D eigenvalue weighted by Gasteiger charge is 2.17. The van der Waals surface area contributed by atoms with Crippen LogP contribution in [-0.4, -0.2) is 19.7 Å². The van der Waals surface area contributed by atoms with Crippen LogP contribution in [0.4, 0.5) is 10.9 Å². The molecule has 0 aliphatic heterocycles. The van der Waals surface area contributed by atoms with Crippen LogP contribution in [0.25, 0.3) is 26.9 Å². The van der Waals surface area contributed by atoms with Gasteiger partial charge in [-0.25, -0.2) is 9.97 Å². The number of nitrogens with one attached hydrogen (secondary N) is 1. The predicted molar refractivity (Wildman–Crippen MR) is 121 cm³/mol. The van der Waals surface area contributed by atoms with E-state index in [1.54, 1.807) is 4.68 Å². The van der Waals surface area contributed by atoms with Crippen LogP contribution in [-0.2, 0) is 0 Å². The molecule has 2 aromatic carbocycles. The summed E-state index contributed by atoms with van der Waals surface area (Å²) in [4.78, 5) is 9.43. The molecule has 0 bridgehead atoms. The van der Waals surface area contributed by atoms with Crippen molar-refractivity contribution >= 4 is 55.0 Å². The number of benzene rings is 2. The van der Waals surface area contributed by atoms with Gasteiger partial charge in [0.15, 0.2) is 16.8 Å². The third kappa shape index (κ3) is 3.07. The van der Waals surface area contributed by atoms with Gasteiger partial charge in [-0.1, -0.05) is 41.1 Å². The largest absolute Gasteiger partial charge is 0.315 e. The molecule has 0 spiro atoms. The van der Waals surface area contributed by atoms with E-state index in [1.165, 1.54) is 17.5 Å². The first-order valence-electron chi connectivity index (χ1n) is 9.22. The van der Waals surface area contributed by atoms with Gasteiger partial charge in [-0.3, -0.25) is 0 Å². The molecule has 0 fully saturated rings. The molecule has 5 rings (SSSR count). The van der Waals surface area contributed by atoms with Gasteiger partial charge in [0.2, 0.25) is 0 Å². The Balaban J connectivity index is 1.64. The smallest absolute Gasteiger partial charge is 0.189 e. The van der Waals surface area contributed by atoms with E-state index in [-0.39, 0.29) is 0 Å². The van der Waals surface area contributed by atoms with Crippen molar-refractivity contribution in [2.24, 2.45) is 0 Å². The molecule has 1 N–H and O–H groups in total. The number of fused-ring (bicyclic) bond motifs is 2. The van der Waals surface area contributed by atoms with Crippen LogP contribution in [0.5, 0.6) is 0 Å². The molecule has 0 saturated carbocycles. The van der Waals surface area contributed by atoms with Crippen molar-refractivity contribution in [3.05, 3.63) is 70.4 Å². The zero-order valence-electron chi connectivity index (χ0n) is 16.1. The third-order valence-electron chi connectivity index (χ3n) is 4.92. The molecule has 6 nitrogen and oxygen atoms in total. The maximum absolute atomic E-state index is 9.61. The van der Waals surface area contributed by atoms with E-state index in [0.29, 0.717) is 27.4 Å². The van der Waals surface area contributed by atoms with Crippen LogP contribution in [0.2, 0.25) is 5.02 Å². The van der Waals surface area contributed by atoms with Crippen molar-refractivity contribution in [1.82, 2.24) is 19.7 Å². The monoisotopic (exact) mass is 430 g/mol. The molecular weight excluding hydrogens is 416 g/mol. The van der Waals surface area contributed by atoms with Crippen molar-refractivity contribution in [2.75, 3.05) is 5.32 Å². The Kier molecular flexibility index (Phi) is 4.39. The molecule has 146 valence electrons. The average molecular weight is 431 g/mol. The minimum Gasteiger partial charge on any atom is -0.315 e. The molecule has 0 aliphatic carbocycles. The fourth-order valence-corrected chi connectivity index (χ4v) is 4.57. The SMILES string of the molecule is Cc1cc(-n2ncc(C#N)c2Nc2nc3ccc(Cl)cc3s2)nc2c(C)cccc12. The molecule has 0 unspecified atom stereocenters. The van der Waals surface area contributed by atoms with Crippen LogP contribution in [0, 0.1) is 25.2 Å². The lowest BCUT2D eigenvalue weighted by atomic mass is 10.1. The summed E-state index contributed by atoms with van der Waals surface area (Å²) in [5, 5.41) is 19.7. The summed E-state index contributed by atoms with van der Waals surface area (Å²) in [7, 11) is 0. The van der Waals surface area contributed by atoms with E-state index in [9.17, 15) is 5.26 Å². The van der Waals surface area contributed by atoms with Crippen molar-refractivity contribution in [3.63, 3.8) is 0 Å². The molecule has 0 amide bonds. The number of pyridine rings is 1. The van der Waals surface area contributed by atoms with Gasteiger partial charge in [0, 0.05) is 10.4 Å². The highest BCUT2D eigenvalue weighted by molar-refractivity contribution is 7.22. The van der Waals surface area contributed by atoms with Gasteiger partial charge in [-0.05, 0) is 49.2 Å². The number of anilines is 2. The maximum Gasteiger partial charge on any atom is 0.189 e. The van der Waals surface area contributed by atoms with Crippen molar-refractivity contribution < 1.29 is 0 Å². The summed E-state index contributed by atoms with van der Waals surface area (Å²) < 4.78 is 2.61. The summed E-state index contributed by atoms with van der Waals surface area (Å²) in [5.41, 5.74) is 4.35. The topological polar surface area (TPSA) is 79.4 Å². The fraction of sp³-hybridized carbons (Fsp3) is 0.0909. The number of aryl methyl sites for hydroxylation is 2. The van der Waals surface area contributed by atoms with Gasteiger partial charge in [0.05, 0.1) is 21.9 Å². The van der Waals surface area contributed by atoms with E-state index in [4.69, 9.17) is 16.6 Å². The highest BCUT2D eigenvalue weighted by Crippen LogP contribution is 2.32. The Hall–Kier alpha value is -3.47. The molecule has 5 aromatic rings. The zero-order chi connectivity index (χ0) is 20.8. The van der Waals surface area contributed by atoms with Crippen LogP contribution < -0.4 is 5.32 Å². The fourth-order valence-electron chi connectivity index (χ4n) is 3.43. The molecule has 0 radical (unpaired) electrons. The number of thiazole rings is 1. The van der Waals surface area contributed by atoms with Crippen LogP contribution in [0.1, 0.15) is 16.7 Å². The van der Waals surface area contributed by atoms with E-state index >= 15 is 0 Å². The number of halogens is 1. The summed E-state index contributed by atoms with van der Waals surface area (Å²) in [5.74, 6) is 1.17. The lowest BCUT2D eigenvalue weighted by Gasteiger charge is -2.11. The maximum atomic E-state index is 9.61. The van der Waals surface area contributed by atoms with E-state index in [2.05, 4.69) is 27.5 Å². The zero-order valence-corrected chi connectivity index (χ0v) is 17.7. The predicted octanol–water partition coefficient (Wildman–Crippen LogP) is 5.92. The number of nitrogens with zero attached hydrogens (tertiary/aromatic N) is 5. The van der Waals surface area contributed by atoms with Crippen LogP contribution in [0.3, 0.4) is 0 Å². The molecule has 0 aliphatic rings. The lowest BCUT2D eigenvalue weighted by Crippen LogP contribution is -2.06. The van der Waals surface area contributed by atoms with E-state index in [0.717, 1.165) is 32.2 Å². The first kappa shape index (κ1) is 18.6. The number of nitriles is 1.